The molecule has 4 atom stereocenters. The van der Waals surface area contributed by atoms with E-state index in [4.69, 9.17) is 26.8 Å². The lowest BCUT2D eigenvalue weighted by Gasteiger charge is -2.28. The first-order valence-electron chi connectivity index (χ1n) is 14.3. The quantitative estimate of drug-likeness (QED) is 0.401. The van der Waals surface area contributed by atoms with Crippen LogP contribution in [0.2, 0.25) is 5.02 Å². The van der Waals surface area contributed by atoms with E-state index in [0.29, 0.717) is 29.1 Å². The fourth-order valence-electron chi connectivity index (χ4n) is 6.55. The normalized spacial score (nSPS) is 25.1. The standard InChI is InChI=1S/C29H36ClN7O4/c1-40-23-14-18-7-11-36(16-24(38)37-8-2-3-9-37)10-6-17(18)13-22(23)33-29-32-15-21(30)27(35-29)34-25-19-4-5-20(12-19)26(25)41-28(31)39/h4-5,13-15,19-20,25-26H,2-3,6-12,16H2,1H3,(H2,31,39)(H2,32,33,34,35)/t19-,20+,25+,26-/m0/s1. The van der Waals surface area contributed by atoms with E-state index in [-0.39, 0.29) is 29.9 Å². The molecule has 1 saturated heterocycles. The summed E-state index contributed by atoms with van der Waals surface area (Å²) in [5.41, 5.74) is 8.50. The molecule has 1 aromatic carbocycles. The van der Waals surface area contributed by atoms with E-state index in [9.17, 15) is 9.59 Å². The SMILES string of the molecule is COc1cc2c(cc1Nc1ncc(Cl)c(N[C@H]3[C@@H](OC(N)=O)[C@@H]4C=C[C@H]3C4)n1)CCN(CC(=O)N1CCCC1)CC2. The summed E-state index contributed by atoms with van der Waals surface area (Å²) in [6.45, 7) is 3.87. The highest BCUT2D eigenvalue weighted by Gasteiger charge is 2.47. The average Bonchev–Trinajstić information content (AvgIpc) is 3.69. The van der Waals surface area contributed by atoms with Crippen molar-refractivity contribution in [2.24, 2.45) is 17.6 Å². The lowest BCUT2D eigenvalue weighted by atomic mass is 9.98. The number of fused-ring (bicyclic) bond motifs is 3. The number of nitrogens with two attached hydrogens (primary N) is 1. The number of hydrogen-bond acceptors (Lipinski definition) is 9. The van der Waals surface area contributed by atoms with Crippen LogP contribution in [-0.2, 0) is 22.4 Å². The van der Waals surface area contributed by atoms with Crippen LogP contribution >= 0.6 is 11.6 Å². The van der Waals surface area contributed by atoms with E-state index in [2.05, 4.69) is 49.8 Å². The number of rotatable bonds is 8. The molecule has 2 bridgehead atoms. The van der Waals surface area contributed by atoms with Gasteiger partial charge in [0, 0.05) is 38.0 Å². The fraction of sp³-hybridized carbons (Fsp3) is 0.517. The number of aromatic nitrogens is 2. The molecule has 6 rings (SSSR count). The predicted molar refractivity (Wildman–Crippen MR) is 156 cm³/mol. The third-order valence-electron chi connectivity index (χ3n) is 8.67. The average molecular weight is 582 g/mol. The molecule has 0 unspecified atom stereocenters. The number of nitrogens with one attached hydrogen (secondary N) is 2. The summed E-state index contributed by atoms with van der Waals surface area (Å²) in [6.07, 6.45) is 9.30. The van der Waals surface area contributed by atoms with Crippen molar-refractivity contribution in [3.05, 3.63) is 46.6 Å². The van der Waals surface area contributed by atoms with Crippen molar-refractivity contribution in [3.63, 3.8) is 0 Å². The van der Waals surface area contributed by atoms with Crippen LogP contribution in [-0.4, -0.2) is 83.7 Å². The Morgan fingerprint density at radius 2 is 1.83 bits per heavy atom. The minimum absolute atomic E-state index is 0.112. The van der Waals surface area contributed by atoms with Crippen LogP contribution in [0.15, 0.2) is 30.5 Å². The van der Waals surface area contributed by atoms with Crippen molar-refractivity contribution >= 4 is 41.1 Å². The molecule has 2 aliphatic heterocycles. The topological polar surface area (TPSA) is 135 Å². The number of anilines is 3. The number of ether oxygens (including phenoxy) is 2. The molecule has 2 amide bonds. The molecule has 1 saturated carbocycles. The summed E-state index contributed by atoms with van der Waals surface area (Å²) in [4.78, 5) is 37.5. The van der Waals surface area contributed by atoms with Crippen LogP contribution in [0.3, 0.4) is 0 Å². The van der Waals surface area contributed by atoms with Gasteiger partial charge in [0.25, 0.3) is 0 Å². The number of amides is 2. The third kappa shape index (κ3) is 5.92. The molecule has 4 N–H and O–H groups in total. The monoisotopic (exact) mass is 581 g/mol. The molecule has 0 spiro atoms. The second-order valence-electron chi connectivity index (χ2n) is 11.2. The van der Waals surface area contributed by atoms with E-state index < -0.39 is 6.09 Å². The maximum absolute atomic E-state index is 12.7. The Kier molecular flexibility index (Phi) is 7.90. The highest BCUT2D eigenvalue weighted by atomic mass is 35.5. The van der Waals surface area contributed by atoms with E-state index in [1.807, 2.05) is 4.90 Å². The van der Waals surface area contributed by atoms with Gasteiger partial charge in [0.2, 0.25) is 11.9 Å². The minimum Gasteiger partial charge on any atom is -0.495 e. The van der Waals surface area contributed by atoms with Crippen molar-refractivity contribution in [1.29, 1.82) is 0 Å². The van der Waals surface area contributed by atoms with Gasteiger partial charge >= 0.3 is 6.09 Å². The van der Waals surface area contributed by atoms with E-state index in [1.165, 1.54) is 17.3 Å². The van der Waals surface area contributed by atoms with Crippen molar-refractivity contribution < 1.29 is 19.1 Å². The van der Waals surface area contributed by atoms with Gasteiger partial charge in [-0.25, -0.2) is 9.78 Å². The molecule has 218 valence electrons. The van der Waals surface area contributed by atoms with E-state index in [0.717, 1.165) is 64.0 Å². The zero-order valence-electron chi connectivity index (χ0n) is 23.1. The largest absolute Gasteiger partial charge is 0.495 e. The van der Waals surface area contributed by atoms with Gasteiger partial charge in [-0.15, -0.1) is 0 Å². The number of hydrogen-bond donors (Lipinski definition) is 3. The Balaban J connectivity index is 1.16. The number of halogens is 1. The number of methoxy groups -OCH3 is 1. The molecule has 1 aromatic heterocycles. The summed E-state index contributed by atoms with van der Waals surface area (Å²) in [5.74, 6) is 2.01. The van der Waals surface area contributed by atoms with Gasteiger partial charge < -0.3 is 30.7 Å². The van der Waals surface area contributed by atoms with Gasteiger partial charge in [-0.3, -0.25) is 9.69 Å². The van der Waals surface area contributed by atoms with Gasteiger partial charge in [0.1, 0.15) is 16.9 Å². The fourth-order valence-corrected chi connectivity index (χ4v) is 6.70. The summed E-state index contributed by atoms with van der Waals surface area (Å²) in [6, 6.07) is 3.95. The van der Waals surface area contributed by atoms with Crippen molar-refractivity contribution in [2.75, 3.05) is 50.5 Å². The predicted octanol–water partition coefficient (Wildman–Crippen LogP) is 3.36. The zero-order valence-corrected chi connectivity index (χ0v) is 23.9. The van der Waals surface area contributed by atoms with Crippen LogP contribution in [0.1, 0.15) is 30.4 Å². The van der Waals surface area contributed by atoms with Crippen molar-refractivity contribution in [2.45, 2.75) is 44.2 Å². The number of likely N-dealkylation sites (tertiary alicyclic amines) is 1. The molecule has 11 nitrogen and oxygen atoms in total. The number of benzene rings is 1. The number of carbonyl (C=O) groups excluding carboxylic acids is 2. The second-order valence-corrected chi connectivity index (χ2v) is 11.6. The molecular formula is C29H36ClN7O4. The van der Waals surface area contributed by atoms with Crippen LogP contribution in [0.25, 0.3) is 0 Å². The van der Waals surface area contributed by atoms with E-state index >= 15 is 0 Å². The Labute approximate surface area is 244 Å². The van der Waals surface area contributed by atoms with Crippen molar-refractivity contribution in [1.82, 2.24) is 19.8 Å². The number of carbonyl (C=O) groups is 2. The molecule has 2 aromatic rings. The first-order chi connectivity index (χ1) is 19.9. The van der Waals surface area contributed by atoms with Crippen LogP contribution in [0.4, 0.5) is 22.2 Å². The number of nitrogens with zero attached hydrogens (tertiary/aromatic N) is 4. The molecular weight excluding hydrogens is 546 g/mol. The summed E-state index contributed by atoms with van der Waals surface area (Å²) >= 11 is 6.47. The zero-order chi connectivity index (χ0) is 28.5. The maximum Gasteiger partial charge on any atom is 0.404 e. The third-order valence-corrected chi connectivity index (χ3v) is 8.94. The lowest BCUT2D eigenvalue weighted by molar-refractivity contribution is -0.131. The molecule has 41 heavy (non-hydrogen) atoms. The van der Waals surface area contributed by atoms with Crippen LogP contribution < -0.4 is 21.1 Å². The van der Waals surface area contributed by atoms with Crippen LogP contribution in [0, 0.1) is 11.8 Å². The summed E-state index contributed by atoms with van der Waals surface area (Å²) in [7, 11) is 1.64. The molecule has 12 heteroatoms. The first kappa shape index (κ1) is 27.6. The Hall–Kier alpha value is -3.57. The molecule has 2 fully saturated rings. The minimum atomic E-state index is -0.796. The van der Waals surface area contributed by atoms with Gasteiger partial charge in [0.05, 0.1) is 31.6 Å². The van der Waals surface area contributed by atoms with Gasteiger partial charge in [-0.05, 0) is 55.4 Å². The molecule has 4 aliphatic rings. The van der Waals surface area contributed by atoms with Gasteiger partial charge in [-0.1, -0.05) is 23.8 Å². The Bertz CT molecular complexity index is 1350. The van der Waals surface area contributed by atoms with Gasteiger partial charge in [0.15, 0.2) is 5.82 Å². The Morgan fingerprint density at radius 1 is 1.10 bits per heavy atom. The molecule has 0 radical (unpaired) electrons. The molecule has 2 aliphatic carbocycles. The first-order valence-corrected chi connectivity index (χ1v) is 14.7. The summed E-state index contributed by atoms with van der Waals surface area (Å²) in [5, 5.41) is 7.04. The number of primary amides is 1. The Morgan fingerprint density at radius 3 is 2.56 bits per heavy atom. The van der Waals surface area contributed by atoms with Gasteiger partial charge in [-0.2, -0.15) is 4.98 Å². The van der Waals surface area contributed by atoms with Crippen molar-refractivity contribution in [3.8, 4) is 5.75 Å². The lowest BCUT2D eigenvalue weighted by Crippen LogP contribution is -2.41. The summed E-state index contributed by atoms with van der Waals surface area (Å²) < 4.78 is 11.2. The van der Waals surface area contributed by atoms with Crippen LogP contribution in [0.5, 0.6) is 5.75 Å². The second kappa shape index (κ2) is 11.7. The molecule has 3 heterocycles. The highest BCUT2D eigenvalue weighted by Crippen LogP contribution is 2.43. The smallest absolute Gasteiger partial charge is 0.404 e. The maximum atomic E-state index is 12.7. The van der Waals surface area contributed by atoms with E-state index in [1.54, 1.807) is 7.11 Å². The highest BCUT2D eigenvalue weighted by molar-refractivity contribution is 6.32.